The number of halogens is 1. The molecule has 9 heteroatoms. The van der Waals surface area contributed by atoms with Gasteiger partial charge >= 0.3 is 0 Å². The molecule has 0 unspecified atom stereocenters. The number of fused-ring (bicyclic) bond motifs is 1. The number of nitrogens with one attached hydrogen (secondary N) is 1. The molecular formula is C23H26INO5S2. The molecule has 0 saturated carbocycles. The van der Waals surface area contributed by atoms with E-state index in [0.717, 1.165) is 20.3 Å². The Labute approximate surface area is 203 Å². The first-order chi connectivity index (χ1) is 15.0. The summed E-state index contributed by atoms with van der Waals surface area (Å²) >= 11 is 2.12. The van der Waals surface area contributed by atoms with Gasteiger partial charge in [-0.25, -0.2) is 13.1 Å². The highest BCUT2D eigenvalue weighted by atomic mass is 127. The Balaban J connectivity index is 1.70. The third-order valence-electron chi connectivity index (χ3n) is 5.33. The Morgan fingerprint density at radius 2 is 1.53 bits per heavy atom. The first-order valence-corrected chi connectivity index (χ1v) is 14.3. The summed E-state index contributed by atoms with van der Waals surface area (Å²) in [5, 5.41) is 0. The zero-order valence-corrected chi connectivity index (χ0v) is 21.7. The number of hydrogen-bond donors (Lipinski definition) is 2. The number of rotatable bonds is 9. The highest BCUT2D eigenvalue weighted by molar-refractivity contribution is 14.1. The second-order valence-electron chi connectivity index (χ2n) is 7.97. The van der Waals surface area contributed by atoms with Crippen LogP contribution in [0.2, 0.25) is 0 Å². The lowest BCUT2D eigenvalue weighted by molar-refractivity contribution is 0.483. The van der Waals surface area contributed by atoms with Gasteiger partial charge in [0.15, 0.2) is 0 Å². The summed E-state index contributed by atoms with van der Waals surface area (Å²) in [5.41, 5.74) is 3.16. The van der Waals surface area contributed by atoms with E-state index in [4.69, 9.17) is 0 Å². The third kappa shape index (κ3) is 6.07. The molecule has 0 spiro atoms. The van der Waals surface area contributed by atoms with E-state index in [-0.39, 0.29) is 22.3 Å². The van der Waals surface area contributed by atoms with Crippen LogP contribution in [0.5, 0.6) is 0 Å². The molecule has 0 heterocycles. The van der Waals surface area contributed by atoms with Crippen LogP contribution in [-0.2, 0) is 26.6 Å². The van der Waals surface area contributed by atoms with Crippen LogP contribution in [0.1, 0.15) is 43.7 Å². The molecule has 2 aliphatic carbocycles. The monoisotopic (exact) mass is 587 g/mol. The summed E-state index contributed by atoms with van der Waals surface area (Å²) in [4.78, 5) is 0.138. The molecule has 0 radical (unpaired) electrons. The van der Waals surface area contributed by atoms with Crippen molar-refractivity contribution in [2.24, 2.45) is 0 Å². The molecule has 2 N–H and O–H groups in total. The van der Waals surface area contributed by atoms with Crippen LogP contribution in [0.3, 0.4) is 0 Å². The lowest BCUT2D eigenvalue weighted by Crippen LogP contribution is -2.24. The van der Waals surface area contributed by atoms with E-state index in [0.29, 0.717) is 24.8 Å². The molecule has 1 aromatic rings. The average Bonchev–Trinajstić information content (AvgIpc) is 2.91. The van der Waals surface area contributed by atoms with Crippen molar-refractivity contribution >= 4 is 42.7 Å². The van der Waals surface area contributed by atoms with Crippen LogP contribution in [0.4, 0.5) is 0 Å². The molecule has 2 aliphatic rings. The van der Waals surface area contributed by atoms with Crippen molar-refractivity contribution in [1.29, 1.82) is 0 Å². The van der Waals surface area contributed by atoms with Crippen LogP contribution >= 0.6 is 22.6 Å². The molecule has 0 bridgehead atoms. The zero-order chi connectivity index (χ0) is 23.5. The first kappa shape index (κ1) is 25.1. The minimum Gasteiger partial charge on any atom is -0.282 e. The number of aryl methyl sites for hydroxylation is 1. The van der Waals surface area contributed by atoms with Crippen molar-refractivity contribution in [1.82, 2.24) is 4.72 Å². The van der Waals surface area contributed by atoms with Crippen LogP contribution in [0, 0.1) is 3.57 Å². The molecule has 6 nitrogen and oxygen atoms in total. The van der Waals surface area contributed by atoms with Crippen molar-refractivity contribution in [3.8, 4) is 11.1 Å². The maximum Gasteiger partial charge on any atom is 0.295 e. The molecular weight excluding hydrogens is 561 g/mol. The van der Waals surface area contributed by atoms with Crippen LogP contribution in [0.15, 0.2) is 64.4 Å². The van der Waals surface area contributed by atoms with Crippen LogP contribution < -0.4 is 4.72 Å². The van der Waals surface area contributed by atoms with E-state index in [1.165, 1.54) is 6.07 Å². The minimum absolute atomic E-state index is 0.0900. The van der Waals surface area contributed by atoms with Crippen LogP contribution in [-0.4, -0.2) is 27.9 Å². The summed E-state index contributed by atoms with van der Waals surface area (Å²) in [5.74, 6) is 0.283. The second kappa shape index (κ2) is 10.2. The molecule has 172 valence electrons. The van der Waals surface area contributed by atoms with Gasteiger partial charge in [0.25, 0.3) is 10.1 Å². The Bertz CT molecular complexity index is 1270. The molecule has 0 aromatic heterocycles. The molecule has 0 amide bonds. The number of unbranched alkanes of at least 4 members (excludes halogenated alkanes) is 1. The van der Waals surface area contributed by atoms with Gasteiger partial charge in [-0.05, 0) is 94.8 Å². The van der Waals surface area contributed by atoms with E-state index in [9.17, 15) is 21.4 Å². The van der Waals surface area contributed by atoms with Crippen molar-refractivity contribution in [2.45, 2.75) is 48.8 Å². The fourth-order valence-corrected chi connectivity index (χ4v) is 5.73. The molecule has 1 aromatic carbocycles. The van der Waals surface area contributed by atoms with Gasteiger partial charge in [0.2, 0.25) is 10.0 Å². The lowest BCUT2D eigenvalue weighted by atomic mass is 10.0. The number of hydrogen-bond acceptors (Lipinski definition) is 4. The van der Waals surface area contributed by atoms with Gasteiger partial charge in [0, 0.05) is 15.7 Å². The van der Waals surface area contributed by atoms with Crippen molar-refractivity contribution in [2.75, 3.05) is 6.54 Å². The summed E-state index contributed by atoms with van der Waals surface area (Å²) < 4.78 is 61.8. The first-order valence-electron chi connectivity index (χ1n) is 10.3. The van der Waals surface area contributed by atoms with E-state index < -0.39 is 20.1 Å². The third-order valence-corrected chi connectivity index (χ3v) is 8.41. The summed E-state index contributed by atoms with van der Waals surface area (Å²) in [7, 11) is -7.91. The topological polar surface area (TPSA) is 101 Å². The predicted molar refractivity (Wildman–Crippen MR) is 134 cm³/mol. The van der Waals surface area contributed by atoms with Gasteiger partial charge in [-0.2, -0.15) is 8.42 Å². The molecule has 0 saturated heterocycles. The minimum atomic E-state index is -4.35. The van der Waals surface area contributed by atoms with E-state index >= 15 is 0 Å². The maximum absolute atomic E-state index is 12.4. The summed E-state index contributed by atoms with van der Waals surface area (Å²) in [6, 6.07) is 15.6. The highest BCUT2D eigenvalue weighted by Gasteiger charge is 2.23. The fourth-order valence-electron chi connectivity index (χ4n) is 3.55. The van der Waals surface area contributed by atoms with Gasteiger partial charge in [-0.1, -0.05) is 38.1 Å². The van der Waals surface area contributed by atoms with Gasteiger partial charge in [0.1, 0.15) is 4.90 Å². The summed E-state index contributed by atoms with van der Waals surface area (Å²) in [6.45, 7) is 4.40. The smallest absolute Gasteiger partial charge is 0.282 e. The summed E-state index contributed by atoms with van der Waals surface area (Å²) in [6.07, 6.45) is 1.82. The maximum atomic E-state index is 12.4. The van der Waals surface area contributed by atoms with Crippen molar-refractivity contribution in [3.05, 3.63) is 69.3 Å². The Kier molecular flexibility index (Phi) is 7.97. The van der Waals surface area contributed by atoms with Gasteiger partial charge in [-0.3, -0.25) is 4.55 Å². The Hall–Kier alpha value is -1.53. The average molecular weight is 588 g/mol. The molecule has 3 rings (SSSR count). The van der Waals surface area contributed by atoms with Crippen molar-refractivity contribution in [3.63, 3.8) is 0 Å². The van der Waals surface area contributed by atoms with Gasteiger partial charge < -0.3 is 0 Å². The van der Waals surface area contributed by atoms with Gasteiger partial charge in [-0.15, -0.1) is 0 Å². The highest BCUT2D eigenvalue weighted by Crippen LogP contribution is 2.36. The SMILES string of the molecule is CC(C)c1ccc2c(CCCCNS(=O)(=O)c3ccc(I)cc3)cc(S(=O)(=O)O)c-2cc1. The largest absolute Gasteiger partial charge is 0.295 e. The number of sulfonamides is 1. The molecule has 0 fully saturated rings. The quantitative estimate of drug-likeness (QED) is 0.207. The Morgan fingerprint density at radius 1 is 0.906 bits per heavy atom. The van der Waals surface area contributed by atoms with Gasteiger partial charge in [0.05, 0.1) is 4.90 Å². The van der Waals surface area contributed by atoms with Crippen molar-refractivity contribution < 1.29 is 21.4 Å². The van der Waals surface area contributed by atoms with Crippen LogP contribution in [0.25, 0.3) is 11.1 Å². The molecule has 32 heavy (non-hydrogen) atoms. The second-order valence-corrected chi connectivity index (χ2v) is 12.4. The Morgan fingerprint density at radius 3 is 2.12 bits per heavy atom. The van der Waals surface area contributed by atoms with E-state index in [1.807, 2.05) is 18.2 Å². The van der Waals surface area contributed by atoms with E-state index in [2.05, 4.69) is 41.2 Å². The normalized spacial score (nSPS) is 12.5. The zero-order valence-electron chi connectivity index (χ0n) is 17.9. The predicted octanol–water partition coefficient (Wildman–Crippen LogP) is 5.07. The van der Waals surface area contributed by atoms with E-state index in [1.54, 1.807) is 30.3 Å². The number of benzene rings is 1. The standard InChI is InChI=1S/C23H26INO5S2/c1-16(2)17-6-12-21-18(15-23(32(28,29)30)22(21)13-7-17)5-3-4-14-25-31(26,27)20-10-8-19(24)9-11-20/h6-13,15-16,25H,3-5,14H2,1-2H3,(H,28,29,30). The molecule has 0 aliphatic heterocycles. The fraction of sp³-hybridized carbons (Fsp3) is 0.304. The lowest BCUT2D eigenvalue weighted by Gasteiger charge is -2.07. The molecule has 0 atom stereocenters.